The van der Waals surface area contributed by atoms with Gasteiger partial charge in [0, 0.05) is 25.8 Å². The number of carbonyl (C=O) groups excluding carboxylic acids is 1. The maximum absolute atomic E-state index is 10.8. The van der Waals surface area contributed by atoms with Crippen LogP contribution in [0.5, 0.6) is 0 Å². The number of hydrogen-bond donors (Lipinski definition) is 2. The lowest BCUT2D eigenvalue weighted by Crippen LogP contribution is -2.22. The number of rotatable bonds is 7. The fourth-order valence-electron chi connectivity index (χ4n) is 0.798. The van der Waals surface area contributed by atoms with E-state index in [2.05, 4.69) is 16.9 Å². The summed E-state index contributed by atoms with van der Waals surface area (Å²) in [4.78, 5) is 10.8. The van der Waals surface area contributed by atoms with E-state index in [1.165, 1.54) is 0 Å². The molecule has 0 rings (SSSR count). The zero-order valence-electron chi connectivity index (χ0n) is 7.85. The molecule has 2 N–H and O–H groups in total. The predicted molar refractivity (Wildman–Crippen MR) is 54.6 cm³/mol. The molecule has 12 heavy (non-hydrogen) atoms. The molecule has 72 valence electrons. The van der Waals surface area contributed by atoms with Gasteiger partial charge in [-0.25, -0.2) is 0 Å². The van der Waals surface area contributed by atoms with Gasteiger partial charge in [0.15, 0.2) is 0 Å². The minimum absolute atomic E-state index is 0.127. The third-order valence-electron chi connectivity index (χ3n) is 1.52. The Labute approximate surface area is 78.7 Å². The molecule has 0 aliphatic carbocycles. The average molecular weight is 190 g/mol. The number of amides is 1. The van der Waals surface area contributed by atoms with Crippen LogP contribution in [0.1, 0.15) is 12.8 Å². The quantitative estimate of drug-likeness (QED) is 0.573. The van der Waals surface area contributed by atoms with Gasteiger partial charge in [-0.05, 0) is 19.2 Å². The Morgan fingerprint density at radius 3 is 2.75 bits per heavy atom. The van der Waals surface area contributed by atoms with Gasteiger partial charge < -0.3 is 10.6 Å². The van der Waals surface area contributed by atoms with Gasteiger partial charge in [-0.3, -0.25) is 4.79 Å². The Bertz CT molecular complexity index is 120. The van der Waals surface area contributed by atoms with Gasteiger partial charge >= 0.3 is 0 Å². The van der Waals surface area contributed by atoms with Crippen LogP contribution in [0.15, 0.2) is 0 Å². The molecule has 0 radical (unpaired) electrons. The molecule has 0 atom stereocenters. The second-order valence-electron chi connectivity index (χ2n) is 2.52. The summed E-state index contributed by atoms with van der Waals surface area (Å²) in [5, 5.41) is 5.86. The molecule has 1 amide bonds. The summed E-state index contributed by atoms with van der Waals surface area (Å²) in [6, 6.07) is 0. The zero-order valence-corrected chi connectivity index (χ0v) is 8.67. The third-order valence-corrected chi connectivity index (χ3v) is 2.13. The van der Waals surface area contributed by atoms with Gasteiger partial charge in [0.05, 0.1) is 0 Å². The Balaban J connectivity index is 2.95. The van der Waals surface area contributed by atoms with Crippen molar-refractivity contribution >= 4 is 17.7 Å². The van der Waals surface area contributed by atoms with E-state index in [0.29, 0.717) is 6.42 Å². The molecule has 0 spiro atoms. The van der Waals surface area contributed by atoms with Crippen molar-refractivity contribution in [3.05, 3.63) is 0 Å². The van der Waals surface area contributed by atoms with Crippen molar-refractivity contribution in [1.82, 2.24) is 10.6 Å². The summed E-state index contributed by atoms with van der Waals surface area (Å²) >= 11 is 1.83. The SMILES string of the molecule is CNC(=O)CCCNCCSC. The molecule has 0 unspecified atom stereocenters. The number of carbonyl (C=O) groups is 1. The van der Waals surface area contributed by atoms with Crippen LogP contribution < -0.4 is 10.6 Å². The highest BCUT2D eigenvalue weighted by Gasteiger charge is 1.95. The lowest BCUT2D eigenvalue weighted by molar-refractivity contribution is -0.120. The van der Waals surface area contributed by atoms with E-state index in [-0.39, 0.29) is 5.91 Å². The first-order chi connectivity index (χ1) is 5.81. The highest BCUT2D eigenvalue weighted by molar-refractivity contribution is 7.98. The van der Waals surface area contributed by atoms with E-state index in [4.69, 9.17) is 0 Å². The van der Waals surface area contributed by atoms with Gasteiger partial charge in [-0.15, -0.1) is 0 Å². The molecule has 0 aromatic carbocycles. The molecule has 0 bridgehead atoms. The largest absolute Gasteiger partial charge is 0.359 e. The summed E-state index contributed by atoms with van der Waals surface area (Å²) in [6.45, 7) is 1.98. The normalized spacial score (nSPS) is 9.83. The van der Waals surface area contributed by atoms with Crippen molar-refractivity contribution in [2.45, 2.75) is 12.8 Å². The molecule has 0 fully saturated rings. The molecule has 0 aromatic heterocycles. The van der Waals surface area contributed by atoms with Crippen LogP contribution in [0.2, 0.25) is 0 Å². The van der Waals surface area contributed by atoms with E-state index in [9.17, 15) is 4.79 Å². The Morgan fingerprint density at radius 2 is 2.17 bits per heavy atom. The Hall–Kier alpha value is -0.220. The summed E-state index contributed by atoms with van der Waals surface area (Å²) in [7, 11) is 1.67. The van der Waals surface area contributed by atoms with E-state index >= 15 is 0 Å². The topological polar surface area (TPSA) is 41.1 Å². The van der Waals surface area contributed by atoms with Crippen molar-refractivity contribution in [1.29, 1.82) is 0 Å². The van der Waals surface area contributed by atoms with E-state index < -0.39 is 0 Å². The number of nitrogens with one attached hydrogen (secondary N) is 2. The van der Waals surface area contributed by atoms with Crippen molar-refractivity contribution in [3.63, 3.8) is 0 Å². The minimum atomic E-state index is 0.127. The smallest absolute Gasteiger partial charge is 0.219 e. The fourth-order valence-corrected chi connectivity index (χ4v) is 1.15. The molecular formula is C8H18N2OS. The van der Waals surface area contributed by atoms with Crippen molar-refractivity contribution in [3.8, 4) is 0 Å². The highest BCUT2D eigenvalue weighted by Crippen LogP contribution is 1.89. The highest BCUT2D eigenvalue weighted by atomic mass is 32.2. The molecule has 0 aliphatic heterocycles. The second-order valence-corrected chi connectivity index (χ2v) is 3.51. The molecular weight excluding hydrogens is 172 g/mol. The molecule has 0 aromatic rings. The molecule has 3 nitrogen and oxygen atoms in total. The third kappa shape index (κ3) is 7.88. The second kappa shape index (κ2) is 8.87. The predicted octanol–water partition coefficient (Wildman–Crippen LogP) is 0.465. The van der Waals surface area contributed by atoms with Crippen LogP contribution >= 0.6 is 11.8 Å². The fraction of sp³-hybridized carbons (Fsp3) is 0.875. The number of hydrogen-bond acceptors (Lipinski definition) is 3. The van der Waals surface area contributed by atoms with E-state index in [0.717, 1.165) is 25.3 Å². The van der Waals surface area contributed by atoms with Crippen LogP contribution in [0.3, 0.4) is 0 Å². The average Bonchev–Trinajstić information content (AvgIpc) is 2.10. The van der Waals surface area contributed by atoms with Crippen LogP contribution in [0.25, 0.3) is 0 Å². The summed E-state index contributed by atoms with van der Waals surface area (Å²) in [5.41, 5.74) is 0. The molecule has 0 aliphatic rings. The maximum Gasteiger partial charge on any atom is 0.219 e. The molecule has 0 heterocycles. The van der Waals surface area contributed by atoms with Crippen LogP contribution in [0.4, 0.5) is 0 Å². The minimum Gasteiger partial charge on any atom is -0.359 e. The van der Waals surface area contributed by atoms with Crippen molar-refractivity contribution < 1.29 is 4.79 Å². The van der Waals surface area contributed by atoms with Gasteiger partial charge in [0.25, 0.3) is 0 Å². The zero-order chi connectivity index (χ0) is 9.23. The Morgan fingerprint density at radius 1 is 1.42 bits per heavy atom. The molecule has 0 saturated carbocycles. The Kier molecular flexibility index (Phi) is 8.71. The standard InChI is InChI=1S/C8H18N2OS/c1-9-8(11)4-3-5-10-6-7-12-2/h10H,3-7H2,1-2H3,(H,9,11). The van der Waals surface area contributed by atoms with Crippen molar-refractivity contribution in [2.75, 3.05) is 32.1 Å². The lowest BCUT2D eigenvalue weighted by Gasteiger charge is -2.02. The van der Waals surface area contributed by atoms with Gasteiger partial charge in [-0.2, -0.15) is 11.8 Å². The summed E-state index contributed by atoms with van der Waals surface area (Å²) < 4.78 is 0. The van der Waals surface area contributed by atoms with E-state index in [1.54, 1.807) is 7.05 Å². The molecule has 4 heteroatoms. The van der Waals surface area contributed by atoms with Gasteiger partial charge in [0.1, 0.15) is 0 Å². The van der Waals surface area contributed by atoms with Crippen molar-refractivity contribution in [2.24, 2.45) is 0 Å². The molecule has 0 saturated heterocycles. The van der Waals surface area contributed by atoms with Crippen LogP contribution in [0, 0.1) is 0 Å². The summed E-state index contributed by atoms with van der Waals surface area (Å²) in [5.74, 6) is 1.27. The number of thioether (sulfide) groups is 1. The van der Waals surface area contributed by atoms with Crippen LogP contribution in [-0.4, -0.2) is 38.1 Å². The first kappa shape index (κ1) is 11.8. The van der Waals surface area contributed by atoms with E-state index in [1.807, 2.05) is 11.8 Å². The summed E-state index contributed by atoms with van der Waals surface area (Å²) in [6.07, 6.45) is 3.64. The van der Waals surface area contributed by atoms with Gasteiger partial charge in [0.2, 0.25) is 5.91 Å². The first-order valence-electron chi connectivity index (χ1n) is 4.21. The van der Waals surface area contributed by atoms with Crippen LogP contribution in [-0.2, 0) is 4.79 Å². The van der Waals surface area contributed by atoms with Gasteiger partial charge in [-0.1, -0.05) is 0 Å². The lowest BCUT2D eigenvalue weighted by atomic mass is 10.3. The first-order valence-corrected chi connectivity index (χ1v) is 5.61. The monoisotopic (exact) mass is 190 g/mol. The maximum atomic E-state index is 10.8.